The van der Waals surface area contributed by atoms with Crippen molar-refractivity contribution in [2.75, 3.05) is 5.33 Å². The Morgan fingerprint density at radius 1 is 1.24 bits per heavy atom. The molecule has 0 spiro atoms. The highest BCUT2D eigenvalue weighted by Crippen LogP contribution is 2.36. The van der Waals surface area contributed by atoms with Gasteiger partial charge in [0, 0.05) is 5.33 Å². The first-order valence-corrected chi connectivity index (χ1v) is 8.09. The van der Waals surface area contributed by atoms with E-state index in [4.69, 9.17) is 23.2 Å². The van der Waals surface area contributed by atoms with Gasteiger partial charge in [-0.05, 0) is 29.9 Å². The van der Waals surface area contributed by atoms with E-state index in [1.165, 1.54) is 31.2 Å². The fourth-order valence-corrected chi connectivity index (χ4v) is 3.92. The van der Waals surface area contributed by atoms with Crippen molar-refractivity contribution in [3.63, 3.8) is 0 Å². The quantitative estimate of drug-likeness (QED) is 0.615. The summed E-state index contributed by atoms with van der Waals surface area (Å²) in [5, 5.41) is 2.46. The standard InChI is InChI=1S/C14H17BrCl2/c15-9-12(10-4-1-2-5-10)8-11-6-3-7-13(16)14(11)17/h3,6-7,10,12H,1-2,4-5,8-9H2. The smallest absolute Gasteiger partial charge is 0.0624 e. The van der Waals surface area contributed by atoms with E-state index in [0.717, 1.165) is 22.7 Å². The van der Waals surface area contributed by atoms with Crippen molar-refractivity contribution < 1.29 is 0 Å². The minimum absolute atomic E-state index is 0.670. The highest BCUT2D eigenvalue weighted by atomic mass is 79.9. The first-order valence-electron chi connectivity index (χ1n) is 6.21. The molecule has 0 saturated heterocycles. The maximum Gasteiger partial charge on any atom is 0.0624 e. The molecule has 94 valence electrons. The SMILES string of the molecule is Clc1cccc(CC(CBr)C2CCCC2)c1Cl. The first-order chi connectivity index (χ1) is 8.22. The third-order valence-corrected chi connectivity index (χ3v) is 5.47. The van der Waals surface area contributed by atoms with Gasteiger partial charge in [0.1, 0.15) is 0 Å². The van der Waals surface area contributed by atoms with Crippen molar-refractivity contribution in [3.8, 4) is 0 Å². The fraction of sp³-hybridized carbons (Fsp3) is 0.571. The number of hydrogen-bond donors (Lipinski definition) is 0. The first kappa shape index (κ1) is 13.7. The minimum Gasteiger partial charge on any atom is -0.0925 e. The Balaban J connectivity index is 2.09. The van der Waals surface area contributed by atoms with Crippen LogP contribution >= 0.6 is 39.1 Å². The van der Waals surface area contributed by atoms with Gasteiger partial charge in [0.05, 0.1) is 10.0 Å². The largest absolute Gasteiger partial charge is 0.0925 e. The van der Waals surface area contributed by atoms with Crippen LogP contribution in [-0.2, 0) is 6.42 Å². The molecule has 0 aliphatic heterocycles. The van der Waals surface area contributed by atoms with E-state index in [9.17, 15) is 0 Å². The van der Waals surface area contributed by atoms with Crippen LogP contribution in [0.15, 0.2) is 18.2 Å². The van der Waals surface area contributed by atoms with E-state index < -0.39 is 0 Å². The lowest BCUT2D eigenvalue weighted by molar-refractivity contribution is 0.373. The normalized spacial score (nSPS) is 18.5. The lowest BCUT2D eigenvalue weighted by atomic mass is 9.87. The Kier molecular flexibility index (Phi) is 5.20. The van der Waals surface area contributed by atoms with Gasteiger partial charge in [-0.15, -0.1) is 0 Å². The van der Waals surface area contributed by atoms with Gasteiger partial charge in [-0.1, -0.05) is 76.9 Å². The Morgan fingerprint density at radius 3 is 2.59 bits per heavy atom. The zero-order valence-corrected chi connectivity index (χ0v) is 12.9. The molecule has 17 heavy (non-hydrogen) atoms. The molecule has 0 heterocycles. The van der Waals surface area contributed by atoms with Crippen LogP contribution in [0.3, 0.4) is 0 Å². The van der Waals surface area contributed by atoms with Gasteiger partial charge in [0.25, 0.3) is 0 Å². The van der Waals surface area contributed by atoms with Crippen molar-refractivity contribution in [2.24, 2.45) is 11.8 Å². The van der Waals surface area contributed by atoms with Crippen LogP contribution in [0.25, 0.3) is 0 Å². The molecule has 1 aliphatic rings. The summed E-state index contributed by atoms with van der Waals surface area (Å²) in [6.45, 7) is 0. The van der Waals surface area contributed by atoms with Crippen molar-refractivity contribution in [1.29, 1.82) is 0 Å². The zero-order chi connectivity index (χ0) is 12.3. The molecular weight excluding hydrogens is 319 g/mol. The van der Waals surface area contributed by atoms with Crippen LogP contribution in [0.5, 0.6) is 0 Å². The van der Waals surface area contributed by atoms with Gasteiger partial charge in [-0.2, -0.15) is 0 Å². The van der Waals surface area contributed by atoms with Crippen LogP contribution in [0.1, 0.15) is 31.2 Å². The predicted molar refractivity (Wildman–Crippen MR) is 79.4 cm³/mol. The number of alkyl halides is 1. The van der Waals surface area contributed by atoms with Crippen LogP contribution in [0.2, 0.25) is 10.0 Å². The van der Waals surface area contributed by atoms with E-state index in [-0.39, 0.29) is 0 Å². The minimum atomic E-state index is 0.670. The highest BCUT2D eigenvalue weighted by molar-refractivity contribution is 9.09. The van der Waals surface area contributed by atoms with E-state index in [0.29, 0.717) is 10.9 Å². The summed E-state index contributed by atoms with van der Waals surface area (Å²) in [6.07, 6.45) is 6.55. The molecule has 1 saturated carbocycles. The van der Waals surface area contributed by atoms with E-state index in [2.05, 4.69) is 22.0 Å². The van der Waals surface area contributed by atoms with E-state index in [1.807, 2.05) is 12.1 Å². The lowest BCUT2D eigenvalue weighted by Crippen LogP contribution is -2.16. The molecule has 1 fully saturated rings. The molecule has 0 bridgehead atoms. The number of rotatable bonds is 4. The Morgan fingerprint density at radius 2 is 1.94 bits per heavy atom. The van der Waals surface area contributed by atoms with E-state index in [1.54, 1.807) is 0 Å². The Bertz CT molecular complexity index is 372. The van der Waals surface area contributed by atoms with E-state index >= 15 is 0 Å². The summed E-state index contributed by atoms with van der Waals surface area (Å²) in [6, 6.07) is 5.94. The summed E-state index contributed by atoms with van der Waals surface area (Å²) in [5.41, 5.74) is 1.19. The number of hydrogen-bond acceptors (Lipinski definition) is 0. The maximum atomic E-state index is 6.25. The van der Waals surface area contributed by atoms with Gasteiger partial charge < -0.3 is 0 Å². The van der Waals surface area contributed by atoms with Crippen molar-refractivity contribution in [2.45, 2.75) is 32.1 Å². The van der Waals surface area contributed by atoms with Gasteiger partial charge in [0.2, 0.25) is 0 Å². The van der Waals surface area contributed by atoms with Crippen molar-refractivity contribution >= 4 is 39.1 Å². The second-order valence-corrected chi connectivity index (χ2v) is 6.31. The second-order valence-electron chi connectivity index (χ2n) is 4.88. The van der Waals surface area contributed by atoms with Gasteiger partial charge >= 0.3 is 0 Å². The average molecular weight is 336 g/mol. The Hall–Kier alpha value is 0.280. The predicted octanol–water partition coefficient (Wildman–Crippen LogP) is 5.74. The molecule has 1 aromatic carbocycles. The van der Waals surface area contributed by atoms with Gasteiger partial charge in [-0.25, -0.2) is 0 Å². The monoisotopic (exact) mass is 334 g/mol. The zero-order valence-electron chi connectivity index (χ0n) is 9.76. The number of benzene rings is 1. The van der Waals surface area contributed by atoms with Crippen molar-refractivity contribution in [1.82, 2.24) is 0 Å². The van der Waals surface area contributed by atoms with Crippen LogP contribution < -0.4 is 0 Å². The third-order valence-electron chi connectivity index (χ3n) is 3.78. The highest BCUT2D eigenvalue weighted by Gasteiger charge is 2.25. The average Bonchev–Trinajstić information content (AvgIpc) is 2.85. The molecular formula is C14H17BrCl2. The third kappa shape index (κ3) is 3.39. The molecule has 0 radical (unpaired) electrons. The molecule has 3 heteroatoms. The van der Waals surface area contributed by atoms with Crippen LogP contribution in [0, 0.1) is 11.8 Å². The molecule has 2 rings (SSSR count). The van der Waals surface area contributed by atoms with Crippen LogP contribution in [-0.4, -0.2) is 5.33 Å². The van der Waals surface area contributed by atoms with Gasteiger partial charge in [-0.3, -0.25) is 0 Å². The summed E-state index contributed by atoms with van der Waals surface area (Å²) < 4.78 is 0. The molecule has 1 aromatic rings. The topological polar surface area (TPSA) is 0 Å². The molecule has 0 aromatic heterocycles. The maximum absolute atomic E-state index is 6.25. The summed E-state index contributed by atoms with van der Waals surface area (Å²) in [7, 11) is 0. The molecule has 1 atom stereocenters. The lowest BCUT2D eigenvalue weighted by Gasteiger charge is -2.21. The fourth-order valence-electron chi connectivity index (χ4n) is 2.76. The summed E-state index contributed by atoms with van der Waals surface area (Å²) >= 11 is 16.0. The van der Waals surface area contributed by atoms with Crippen LogP contribution in [0.4, 0.5) is 0 Å². The van der Waals surface area contributed by atoms with Crippen molar-refractivity contribution in [3.05, 3.63) is 33.8 Å². The van der Waals surface area contributed by atoms with Gasteiger partial charge in [0.15, 0.2) is 0 Å². The molecule has 1 aliphatic carbocycles. The molecule has 0 nitrogen and oxygen atoms in total. The Labute approximate surface area is 122 Å². The summed E-state index contributed by atoms with van der Waals surface area (Å²) in [4.78, 5) is 0. The second kappa shape index (κ2) is 6.45. The number of halogens is 3. The molecule has 1 unspecified atom stereocenters. The molecule has 0 N–H and O–H groups in total. The molecule has 0 amide bonds. The summed E-state index contributed by atoms with van der Waals surface area (Å²) in [5.74, 6) is 1.54.